The normalized spacial score (nSPS) is 9.69. The molecule has 0 aliphatic rings. The van der Waals surface area contributed by atoms with E-state index < -0.39 is 23.4 Å². The number of carbonyl (C=O) groups excluding carboxylic acids is 2. The largest absolute Gasteiger partial charge is 0.344 e. The molecule has 0 unspecified atom stereocenters. The second-order valence-electron chi connectivity index (χ2n) is 2.89. The molecule has 16 heavy (non-hydrogen) atoms. The first-order chi connectivity index (χ1) is 7.54. The highest BCUT2D eigenvalue weighted by Gasteiger charge is 2.12. The van der Waals surface area contributed by atoms with E-state index >= 15 is 0 Å². The van der Waals surface area contributed by atoms with Gasteiger partial charge in [-0.1, -0.05) is 6.07 Å². The van der Waals surface area contributed by atoms with Crippen LogP contribution in [0.1, 0.15) is 5.56 Å². The summed E-state index contributed by atoms with van der Waals surface area (Å²) < 4.78 is 25.6. The van der Waals surface area contributed by atoms with Gasteiger partial charge < -0.3 is 5.32 Å². The highest BCUT2D eigenvalue weighted by atomic mass is 19.1. The smallest absolute Gasteiger partial charge is 0.323 e. The van der Waals surface area contributed by atoms with Gasteiger partial charge in [-0.05, 0) is 6.07 Å². The summed E-state index contributed by atoms with van der Waals surface area (Å²) in [4.78, 5) is 21.6. The topological polar surface area (TPSA) is 84.2 Å². The summed E-state index contributed by atoms with van der Waals surface area (Å²) in [6.45, 7) is -0.224. The summed E-state index contributed by atoms with van der Waals surface area (Å²) in [7, 11) is 0. The Bertz CT molecular complexity index is 423. The van der Waals surface area contributed by atoms with E-state index in [9.17, 15) is 18.4 Å². The van der Waals surface area contributed by atoms with Crippen molar-refractivity contribution in [3.63, 3.8) is 0 Å². The third kappa shape index (κ3) is 2.99. The lowest BCUT2D eigenvalue weighted by molar-refractivity contribution is -0.139. The van der Waals surface area contributed by atoms with Gasteiger partial charge in [0.15, 0.2) is 0 Å². The molecule has 7 heteroatoms. The van der Waals surface area contributed by atoms with E-state index in [1.807, 2.05) is 0 Å². The van der Waals surface area contributed by atoms with E-state index in [1.54, 1.807) is 5.43 Å². The highest BCUT2D eigenvalue weighted by Crippen LogP contribution is 2.08. The Hall–Kier alpha value is -2.02. The lowest BCUT2D eigenvalue weighted by atomic mass is 10.2. The molecule has 0 aliphatic carbocycles. The number of carbonyl (C=O) groups is 2. The van der Waals surface area contributed by atoms with Crippen molar-refractivity contribution >= 4 is 11.8 Å². The first-order valence-corrected chi connectivity index (χ1v) is 4.27. The van der Waals surface area contributed by atoms with Gasteiger partial charge in [0.2, 0.25) is 0 Å². The van der Waals surface area contributed by atoms with Crippen molar-refractivity contribution in [2.24, 2.45) is 5.84 Å². The molecule has 4 N–H and O–H groups in total. The van der Waals surface area contributed by atoms with Crippen LogP contribution in [-0.2, 0) is 16.1 Å². The summed E-state index contributed by atoms with van der Waals surface area (Å²) >= 11 is 0. The van der Waals surface area contributed by atoms with Crippen LogP contribution in [0, 0.1) is 11.6 Å². The SMILES string of the molecule is NNC(=O)C(=O)NCc1ccc(F)cc1F. The Balaban J connectivity index is 2.61. The number of nitrogens with two attached hydrogens (primary N) is 1. The summed E-state index contributed by atoms with van der Waals surface area (Å²) in [5, 5.41) is 2.12. The van der Waals surface area contributed by atoms with E-state index in [0.29, 0.717) is 6.07 Å². The predicted molar refractivity (Wildman–Crippen MR) is 50.5 cm³/mol. The number of amides is 2. The fourth-order valence-corrected chi connectivity index (χ4v) is 0.986. The number of hydrogen-bond donors (Lipinski definition) is 3. The molecule has 1 aromatic rings. The van der Waals surface area contributed by atoms with Gasteiger partial charge in [-0.3, -0.25) is 15.0 Å². The van der Waals surface area contributed by atoms with Gasteiger partial charge >= 0.3 is 11.8 Å². The van der Waals surface area contributed by atoms with Crippen LogP contribution in [0.15, 0.2) is 18.2 Å². The molecule has 0 saturated heterocycles. The van der Waals surface area contributed by atoms with E-state index in [1.165, 1.54) is 6.07 Å². The molecule has 0 spiro atoms. The van der Waals surface area contributed by atoms with E-state index in [-0.39, 0.29) is 12.1 Å². The Labute approximate surface area is 89.6 Å². The number of halogens is 2. The lowest BCUT2D eigenvalue weighted by Crippen LogP contribution is -2.42. The van der Waals surface area contributed by atoms with Crippen LogP contribution in [0.3, 0.4) is 0 Å². The monoisotopic (exact) mass is 229 g/mol. The molecule has 1 aromatic carbocycles. The quantitative estimate of drug-likeness (QED) is 0.278. The molecular weight excluding hydrogens is 220 g/mol. The fraction of sp³-hybridized carbons (Fsp3) is 0.111. The van der Waals surface area contributed by atoms with Crippen LogP contribution >= 0.6 is 0 Å². The van der Waals surface area contributed by atoms with E-state index in [4.69, 9.17) is 5.84 Å². The van der Waals surface area contributed by atoms with Crippen molar-refractivity contribution in [3.8, 4) is 0 Å². The molecule has 5 nitrogen and oxygen atoms in total. The Kier molecular flexibility index (Phi) is 3.90. The molecule has 0 atom stereocenters. The third-order valence-electron chi connectivity index (χ3n) is 1.79. The van der Waals surface area contributed by atoms with Gasteiger partial charge in [-0.15, -0.1) is 0 Å². The lowest BCUT2D eigenvalue weighted by Gasteiger charge is -2.05. The van der Waals surface area contributed by atoms with Crippen molar-refractivity contribution in [2.45, 2.75) is 6.54 Å². The van der Waals surface area contributed by atoms with Crippen molar-refractivity contribution in [3.05, 3.63) is 35.4 Å². The number of hydrazine groups is 1. The number of nitrogens with one attached hydrogen (secondary N) is 2. The molecule has 0 heterocycles. The molecular formula is C9H9F2N3O2. The molecule has 86 valence electrons. The second kappa shape index (κ2) is 5.17. The molecule has 0 radical (unpaired) electrons. The van der Waals surface area contributed by atoms with E-state index in [2.05, 4.69) is 5.32 Å². The van der Waals surface area contributed by atoms with Gasteiger partial charge in [0.25, 0.3) is 0 Å². The maximum Gasteiger partial charge on any atom is 0.323 e. The average Bonchev–Trinajstić information content (AvgIpc) is 2.26. The Morgan fingerprint density at radius 2 is 1.94 bits per heavy atom. The summed E-state index contributed by atoms with van der Waals surface area (Å²) in [5.41, 5.74) is 1.69. The molecule has 0 aromatic heterocycles. The zero-order valence-electron chi connectivity index (χ0n) is 8.09. The minimum Gasteiger partial charge on any atom is -0.344 e. The highest BCUT2D eigenvalue weighted by molar-refractivity contribution is 6.34. The second-order valence-corrected chi connectivity index (χ2v) is 2.89. The van der Waals surface area contributed by atoms with Crippen LogP contribution in [-0.4, -0.2) is 11.8 Å². The minimum absolute atomic E-state index is 0.0690. The van der Waals surface area contributed by atoms with E-state index in [0.717, 1.165) is 6.07 Å². The number of hydrogen-bond acceptors (Lipinski definition) is 3. The predicted octanol–water partition coefficient (Wildman–Crippen LogP) is -0.429. The third-order valence-corrected chi connectivity index (χ3v) is 1.79. The van der Waals surface area contributed by atoms with Crippen LogP contribution in [0.4, 0.5) is 8.78 Å². The van der Waals surface area contributed by atoms with Gasteiger partial charge in [-0.25, -0.2) is 14.6 Å². The minimum atomic E-state index is -1.04. The van der Waals surface area contributed by atoms with Gasteiger partial charge in [-0.2, -0.15) is 0 Å². The van der Waals surface area contributed by atoms with Gasteiger partial charge in [0.05, 0.1) is 0 Å². The molecule has 0 fully saturated rings. The molecule has 0 saturated carbocycles. The van der Waals surface area contributed by atoms with Crippen LogP contribution < -0.4 is 16.6 Å². The zero-order chi connectivity index (χ0) is 12.1. The standard InChI is InChI=1S/C9H9F2N3O2/c10-6-2-1-5(7(11)3-6)4-13-8(15)9(16)14-12/h1-3H,4,12H2,(H,13,15)(H,14,16). The van der Waals surface area contributed by atoms with Gasteiger partial charge in [0, 0.05) is 18.2 Å². The van der Waals surface area contributed by atoms with Crippen molar-refractivity contribution < 1.29 is 18.4 Å². The maximum atomic E-state index is 13.1. The van der Waals surface area contributed by atoms with Gasteiger partial charge in [0.1, 0.15) is 11.6 Å². The van der Waals surface area contributed by atoms with Crippen LogP contribution in [0.25, 0.3) is 0 Å². The fourth-order valence-electron chi connectivity index (χ4n) is 0.986. The van der Waals surface area contributed by atoms with Crippen molar-refractivity contribution in [1.82, 2.24) is 10.7 Å². The number of benzene rings is 1. The first-order valence-electron chi connectivity index (χ1n) is 4.27. The molecule has 0 aliphatic heterocycles. The zero-order valence-corrected chi connectivity index (χ0v) is 8.09. The first kappa shape index (κ1) is 12.1. The summed E-state index contributed by atoms with van der Waals surface area (Å²) in [5.74, 6) is 1.16. The van der Waals surface area contributed by atoms with Crippen LogP contribution in [0.2, 0.25) is 0 Å². The Morgan fingerprint density at radius 1 is 1.25 bits per heavy atom. The molecule has 1 rings (SSSR count). The molecule has 0 bridgehead atoms. The average molecular weight is 229 g/mol. The number of rotatable bonds is 2. The summed E-state index contributed by atoms with van der Waals surface area (Å²) in [6.07, 6.45) is 0. The molecule has 2 amide bonds. The van der Waals surface area contributed by atoms with Crippen molar-refractivity contribution in [1.29, 1.82) is 0 Å². The van der Waals surface area contributed by atoms with Crippen molar-refractivity contribution in [2.75, 3.05) is 0 Å². The Morgan fingerprint density at radius 3 is 2.50 bits per heavy atom. The van der Waals surface area contributed by atoms with Crippen LogP contribution in [0.5, 0.6) is 0 Å². The summed E-state index contributed by atoms with van der Waals surface area (Å²) in [6, 6.07) is 2.91. The maximum absolute atomic E-state index is 13.1.